The van der Waals surface area contributed by atoms with Crippen molar-refractivity contribution in [3.05, 3.63) is 77.4 Å². The Labute approximate surface area is 217 Å². The molecule has 0 radical (unpaired) electrons. The second-order valence-electron chi connectivity index (χ2n) is 10.1. The van der Waals surface area contributed by atoms with Crippen molar-refractivity contribution in [2.45, 2.75) is 69.3 Å². The molecule has 0 bridgehead atoms. The molecule has 190 valence electrons. The number of nitrogens with zero attached hydrogens (tertiary/aromatic N) is 1. The van der Waals surface area contributed by atoms with Gasteiger partial charge in [0.15, 0.2) is 0 Å². The van der Waals surface area contributed by atoms with Gasteiger partial charge in [-0.05, 0) is 53.5 Å². The number of piperidine rings is 1. The zero-order chi connectivity index (χ0) is 25.7. The van der Waals surface area contributed by atoms with Crippen LogP contribution in [0.3, 0.4) is 0 Å². The van der Waals surface area contributed by atoms with Crippen molar-refractivity contribution in [3.63, 3.8) is 0 Å². The van der Waals surface area contributed by atoms with Crippen LogP contribution in [-0.4, -0.2) is 35.2 Å². The summed E-state index contributed by atoms with van der Waals surface area (Å²) in [6.45, 7) is 10.6. The van der Waals surface area contributed by atoms with Crippen LogP contribution in [0.1, 0.15) is 66.6 Å². The lowest BCUT2D eigenvalue weighted by molar-refractivity contribution is -0.136. The fourth-order valence-electron chi connectivity index (χ4n) is 4.88. The normalized spacial score (nSPS) is 19.1. The van der Waals surface area contributed by atoms with Gasteiger partial charge < -0.3 is 10.2 Å². The third-order valence-electron chi connectivity index (χ3n) is 7.30. The van der Waals surface area contributed by atoms with Gasteiger partial charge in [-0.2, -0.15) is 0 Å². The van der Waals surface area contributed by atoms with Gasteiger partial charge in [0.1, 0.15) is 6.04 Å². The molecule has 2 aliphatic heterocycles. The van der Waals surface area contributed by atoms with E-state index < -0.39 is 6.04 Å². The maximum absolute atomic E-state index is 13.1. The highest BCUT2D eigenvalue weighted by Gasteiger charge is 2.39. The van der Waals surface area contributed by atoms with E-state index in [9.17, 15) is 14.4 Å². The van der Waals surface area contributed by atoms with Gasteiger partial charge >= 0.3 is 0 Å². The summed E-state index contributed by atoms with van der Waals surface area (Å²) in [6.07, 6.45) is 4.74. The van der Waals surface area contributed by atoms with Crippen molar-refractivity contribution in [1.82, 2.24) is 15.5 Å². The van der Waals surface area contributed by atoms with Crippen LogP contribution in [0.4, 0.5) is 0 Å². The lowest BCUT2D eigenvalue weighted by atomic mass is 9.84. The predicted octanol–water partition coefficient (Wildman–Crippen LogP) is 4.82. The largest absolute Gasteiger partial charge is 0.322 e. The number of carbonyl (C=O) groups excluding carboxylic acids is 3. The van der Waals surface area contributed by atoms with Crippen LogP contribution in [0, 0.1) is 5.41 Å². The first-order valence-corrected chi connectivity index (χ1v) is 13.6. The van der Waals surface area contributed by atoms with Crippen molar-refractivity contribution in [3.8, 4) is 0 Å². The van der Waals surface area contributed by atoms with Crippen molar-refractivity contribution >= 4 is 29.5 Å². The summed E-state index contributed by atoms with van der Waals surface area (Å²) >= 11 is 1.71. The maximum atomic E-state index is 13.1. The summed E-state index contributed by atoms with van der Waals surface area (Å²) in [5.41, 5.74) is 4.33. The van der Waals surface area contributed by atoms with Crippen LogP contribution in [0.15, 0.2) is 60.0 Å². The summed E-state index contributed by atoms with van der Waals surface area (Å²) in [6, 6.07) is 13.8. The van der Waals surface area contributed by atoms with E-state index in [-0.39, 0.29) is 29.6 Å². The van der Waals surface area contributed by atoms with Crippen LogP contribution in [0.2, 0.25) is 0 Å². The molecular weight excluding hydrogens is 470 g/mol. The topological polar surface area (TPSA) is 78.5 Å². The third-order valence-corrected chi connectivity index (χ3v) is 8.47. The van der Waals surface area contributed by atoms with Crippen LogP contribution in [0.25, 0.3) is 0 Å². The Kier molecular flexibility index (Phi) is 8.32. The zero-order valence-corrected chi connectivity index (χ0v) is 22.0. The monoisotopic (exact) mass is 505 g/mol. The van der Waals surface area contributed by atoms with E-state index in [4.69, 9.17) is 0 Å². The Hall–Kier alpha value is -2.90. The molecule has 2 heterocycles. The lowest BCUT2D eigenvalue weighted by Crippen LogP contribution is -2.52. The quantitative estimate of drug-likeness (QED) is 0.260. The molecule has 36 heavy (non-hydrogen) atoms. The Morgan fingerprint density at radius 2 is 1.97 bits per heavy atom. The SMILES string of the molecule is C=CCC(C)(CC)CNCc1cccc(CSc2cccc3c2CN(C2CCC(=O)NC2=O)C3=O)c1. The number of carbonyl (C=O) groups is 3. The average Bonchev–Trinajstić information content (AvgIpc) is 3.20. The molecule has 7 heteroatoms. The molecule has 0 aliphatic carbocycles. The molecule has 2 N–H and O–H groups in total. The third kappa shape index (κ3) is 5.90. The first kappa shape index (κ1) is 26.2. The van der Waals surface area contributed by atoms with Gasteiger partial charge in [0.25, 0.3) is 5.91 Å². The molecule has 0 aromatic heterocycles. The summed E-state index contributed by atoms with van der Waals surface area (Å²) in [5.74, 6) is 0.00611. The number of amides is 3. The smallest absolute Gasteiger partial charge is 0.255 e. The van der Waals surface area contributed by atoms with Gasteiger partial charge in [-0.3, -0.25) is 19.7 Å². The van der Waals surface area contributed by atoms with Crippen LogP contribution in [0.5, 0.6) is 0 Å². The van der Waals surface area contributed by atoms with Crippen LogP contribution >= 0.6 is 11.8 Å². The lowest BCUT2D eigenvalue weighted by Gasteiger charge is -2.29. The Morgan fingerprint density at radius 1 is 1.19 bits per heavy atom. The molecule has 6 nitrogen and oxygen atoms in total. The van der Waals surface area contributed by atoms with E-state index in [2.05, 4.69) is 55.3 Å². The summed E-state index contributed by atoms with van der Waals surface area (Å²) in [5, 5.41) is 5.97. The predicted molar refractivity (Wildman–Crippen MR) is 143 cm³/mol. The van der Waals surface area contributed by atoms with Crippen molar-refractivity contribution in [2.24, 2.45) is 5.41 Å². The molecule has 2 unspecified atom stereocenters. The van der Waals surface area contributed by atoms with Gasteiger partial charge in [-0.1, -0.05) is 50.3 Å². The minimum Gasteiger partial charge on any atom is -0.322 e. The number of imide groups is 1. The van der Waals surface area contributed by atoms with E-state index in [1.807, 2.05) is 24.3 Å². The highest BCUT2D eigenvalue weighted by atomic mass is 32.2. The second-order valence-corrected chi connectivity index (χ2v) is 11.1. The Bertz CT molecular complexity index is 1160. The van der Waals surface area contributed by atoms with Gasteiger partial charge in [0.2, 0.25) is 11.8 Å². The first-order chi connectivity index (χ1) is 17.3. The highest BCUT2D eigenvalue weighted by Crippen LogP contribution is 2.35. The van der Waals surface area contributed by atoms with Crippen molar-refractivity contribution in [1.29, 1.82) is 0 Å². The van der Waals surface area contributed by atoms with E-state index in [0.29, 0.717) is 18.5 Å². The molecule has 0 spiro atoms. The Morgan fingerprint density at radius 3 is 2.72 bits per heavy atom. The van der Waals surface area contributed by atoms with Crippen LogP contribution < -0.4 is 10.6 Å². The number of thioether (sulfide) groups is 1. The number of benzene rings is 2. The van der Waals surface area contributed by atoms with E-state index in [1.165, 1.54) is 11.1 Å². The second kappa shape index (κ2) is 11.4. The van der Waals surface area contributed by atoms with Crippen molar-refractivity contribution in [2.75, 3.05) is 6.54 Å². The molecule has 1 saturated heterocycles. The molecule has 2 aromatic carbocycles. The minimum absolute atomic E-state index is 0.134. The minimum atomic E-state index is -0.592. The van der Waals surface area contributed by atoms with Crippen molar-refractivity contribution < 1.29 is 14.4 Å². The van der Waals surface area contributed by atoms with Gasteiger partial charge in [-0.15, -0.1) is 18.3 Å². The maximum Gasteiger partial charge on any atom is 0.255 e. The highest BCUT2D eigenvalue weighted by molar-refractivity contribution is 7.98. The molecule has 3 amide bonds. The number of rotatable bonds is 11. The number of fused-ring (bicyclic) bond motifs is 1. The van der Waals surface area contributed by atoms with Gasteiger partial charge in [0, 0.05) is 42.3 Å². The number of nitrogens with one attached hydrogen (secondary N) is 2. The fourth-order valence-corrected chi connectivity index (χ4v) is 5.91. The number of allylic oxidation sites excluding steroid dienone is 1. The Balaban J connectivity index is 1.38. The standard InChI is InChI=1S/C29H35N3O3S/c1-4-14-29(3,5-2)19-30-16-20-8-6-9-21(15-20)18-36-25-11-7-10-22-23(25)17-32(28(22)35)24-12-13-26(33)31-27(24)34/h4,6-11,15,24,30H,1,5,12-14,16-19H2,2-3H3,(H,31,33,34). The summed E-state index contributed by atoms with van der Waals surface area (Å²) in [7, 11) is 0. The average molecular weight is 506 g/mol. The molecule has 0 saturated carbocycles. The number of hydrogen-bond donors (Lipinski definition) is 2. The zero-order valence-electron chi connectivity index (χ0n) is 21.1. The first-order valence-electron chi connectivity index (χ1n) is 12.6. The van der Waals surface area contributed by atoms with E-state index in [1.54, 1.807) is 16.7 Å². The van der Waals surface area contributed by atoms with E-state index >= 15 is 0 Å². The molecule has 2 atom stereocenters. The molecular formula is C29H35N3O3S. The fraction of sp³-hybridized carbons (Fsp3) is 0.414. The molecule has 2 aliphatic rings. The van der Waals surface area contributed by atoms with Gasteiger partial charge in [0.05, 0.1) is 0 Å². The summed E-state index contributed by atoms with van der Waals surface area (Å²) in [4.78, 5) is 39.6. The number of hydrogen-bond acceptors (Lipinski definition) is 5. The summed E-state index contributed by atoms with van der Waals surface area (Å²) < 4.78 is 0. The van der Waals surface area contributed by atoms with Crippen LogP contribution in [-0.2, 0) is 28.4 Å². The molecule has 1 fully saturated rings. The van der Waals surface area contributed by atoms with E-state index in [0.717, 1.165) is 42.1 Å². The van der Waals surface area contributed by atoms with Gasteiger partial charge in [-0.25, -0.2) is 0 Å². The molecule has 2 aromatic rings. The molecule has 4 rings (SSSR count).